The molecule has 108 valence electrons. The van der Waals surface area contributed by atoms with Crippen molar-refractivity contribution in [2.45, 2.75) is 26.1 Å². The highest BCUT2D eigenvalue weighted by Gasteiger charge is 2.24. The summed E-state index contributed by atoms with van der Waals surface area (Å²) in [6, 6.07) is 10.5. The van der Waals surface area contributed by atoms with E-state index in [9.17, 15) is 0 Å². The molecule has 0 saturated carbocycles. The quantitative estimate of drug-likeness (QED) is 0.686. The fourth-order valence-electron chi connectivity index (χ4n) is 3.33. The Morgan fingerprint density at radius 3 is 2.71 bits per heavy atom. The van der Waals surface area contributed by atoms with Gasteiger partial charge in [0, 0.05) is 19.3 Å². The van der Waals surface area contributed by atoms with Crippen molar-refractivity contribution in [3.8, 4) is 0 Å². The largest absolute Gasteiger partial charge is 0.372 e. The molecule has 1 aromatic carbocycles. The van der Waals surface area contributed by atoms with Crippen LogP contribution in [-0.4, -0.2) is 34.7 Å². The van der Waals surface area contributed by atoms with Crippen molar-refractivity contribution in [1.82, 2.24) is 9.38 Å². The number of morpholine rings is 1. The molecular weight excluding hydrogens is 262 g/mol. The van der Waals surface area contributed by atoms with Crippen molar-refractivity contribution >= 4 is 22.2 Å². The van der Waals surface area contributed by atoms with E-state index >= 15 is 0 Å². The van der Waals surface area contributed by atoms with Crippen LogP contribution in [-0.2, 0) is 4.74 Å². The van der Waals surface area contributed by atoms with Crippen LogP contribution in [0.3, 0.4) is 0 Å². The third-order valence-corrected chi connectivity index (χ3v) is 4.12. The van der Waals surface area contributed by atoms with Crippen LogP contribution in [0, 0.1) is 0 Å². The molecule has 4 rings (SSSR count). The van der Waals surface area contributed by atoms with Crippen molar-refractivity contribution in [2.24, 2.45) is 0 Å². The van der Waals surface area contributed by atoms with Gasteiger partial charge in [-0.1, -0.05) is 6.07 Å². The molecule has 1 fully saturated rings. The molecular formula is C17H19N3O. The monoisotopic (exact) mass is 281 g/mol. The van der Waals surface area contributed by atoms with Crippen molar-refractivity contribution in [3.63, 3.8) is 0 Å². The number of anilines is 1. The maximum atomic E-state index is 5.84. The van der Waals surface area contributed by atoms with Crippen molar-refractivity contribution in [2.75, 3.05) is 18.0 Å². The topological polar surface area (TPSA) is 29.8 Å². The number of rotatable bonds is 1. The fourth-order valence-corrected chi connectivity index (χ4v) is 3.33. The number of hydrogen-bond acceptors (Lipinski definition) is 3. The highest BCUT2D eigenvalue weighted by molar-refractivity contribution is 5.90. The van der Waals surface area contributed by atoms with Crippen LogP contribution in [0.4, 0.5) is 5.69 Å². The van der Waals surface area contributed by atoms with Gasteiger partial charge in [0.2, 0.25) is 0 Å². The maximum Gasteiger partial charge on any atom is 0.110 e. The number of benzene rings is 1. The smallest absolute Gasteiger partial charge is 0.110 e. The van der Waals surface area contributed by atoms with E-state index in [2.05, 4.69) is 59.7 Å². The van der Waals surface area contributed by atoms with Crippen LogP contribution in [0.2, 0.25) is 0 Å². The second-order valence-electron chi connectivity index (χ2n) is 5.87. The summed E-state index contributed by atoms with van der Waals surface area (Å²) in [5.41, 5.74) is 4.54. The number of aromatic nitrogens is 2. The van der Waals surface area contributed by atoms with Gasteiger partial charge in [0.05, 0.1) is 35.1 Å². The Morgan fingerprint density at radius 2 is 1.90 bits per heavy atom. The minimum atomic E-state index is 0.249. The number of para-hydroxylation sites is 1. The molecule has 4 nitrogen and oxygen atoms in total. The van der Waals surface area contributed by atoms with E-state index in [0.29, 0.717) is 0 Å². The SMILES string of the molecule is CC1CN(c2cccc3c2ncc2cccn23)CC(C)O1. The molecule has 0 amide bonds. The lowest BCUT2D eigenvalue weighted by Crippen LogP contribution is -2.45. The summed E-state index contributed by atoms with van der Waals surface area (Å²) < 4.78 is 8.03. The lowest BCUT2D eigenvalue weighted by molar-refractivity contribution is -0.00514. The molecule has 0 bridgehead atoms. The summed E-state index contributed by atoms with van der Waals surface area (Å²) in [4.78, 5) is 7.10. The standard InChI is InChI=1S/C17H19N3O/c1-12-10-19(11-13(2)21-12)15-6-3-7-16-17(15)18-9-14-5-4-8-20(14)16/h3-9,12-13H,10-11H2,1-2H3. The van der Waals surface area contributed by atoms with Gasteiger partial charge in [-0.15, -0.1) is 0 Å². The van der Waals surface area contributed by atoms with Crippen LogP contribution in [0.15, 0.2) is 42.7 Å². The molecule has 4 heteroatoms. The van der Waals surface area contributed by atoms with Gasteiger partial charge in [0.1, 0.15) is 5.52 Å². The summed E-state index contributed by atoms with van der Waals surface area (Å²) in [5, 5.41) is 0. The van der Waals surface area contributed by atoms with Gasteiger partial charge in [-0.25, -0.2) is 0 Å². The highest BCUT2D eigenvalue weighted by atomic mass is 16.5. The van der Waals surface area contributed by atoms with Crippen molar-refractivity contribution < 1.29 is 4.74 Å². The normalized spacial score (nSPS) is 23.0. The molecule has 0 radical (unpaired) electrons. The van der Waals surface area contributed by atoms with Gasteiger partial charge in [-0.2, -0.15) is 0 Å². The molecule has 3 heterocycles. The molecule has 3 aromatic rings. The average Bonchev–Trinajstić information content (AvgIpc) is 2.94. The Labute approximate surface area is 124 Å². The molecule has 2 atom stereocenters. The summed E-state index contributed by atoms with van der Waals surface area (Å²) in [6.45, 7) is 6.08. The molecule has 1 saturated heterocycles. The number of nitrogens with zero attached hydrogens (tertiary/aromatic N) is 3. The van der Waals surface area contributed by atoms with E-state index < -0.39 is 0 Å². The number of ether oxygens (including phenoxy) is 1. The first kappa shape index (κ1) is 12.7. The van der Waals surface area contributed by atoms with E-state index in [0.717, 1.165) is 29.6 Å². The Hall–Kier alpha value is -2.07. The Morgan fingerprint density at radius 1 is 1.10 bits per heavy atom. The Balaban J connectivity index is 1.88. The van der Waals surface area contributed by atoms with E-state index in [1.165, 1.54) is 5.69 Å². The first-order valence-corrected chi connectivity index (χ1v) is 7.47. The summed E-state index contributed by atoms with van der Waals surface area (Å²) in [6.07, 6.45) is 4.53. The van der Waals surface area contributed by atoms with Crippen LogP contribution < -0.4 is 4.90 Å². The zero-order chi connectivity index (χ0) is 14.4. The van der Waals surface area contributed by atoms with E-state index in [4.69, 9.17) is 9.72 Å². The van der Waals surface area contributed by atoms with Gasteiger partial charge in [-0.3, -0.25) is 4.98 Å². The lowest BCUT2D eigenvalue weighted by atomic mass is 10.1. The van der Waals surface area contributed by atoms with Crippen molar-refractivity contribution in [1.29, 1.82) is 0 Å². The van der Waals surface area contributed by atoms with Gasteiger partial charge >= 0.3 is 0 Å². The van der Waals surface area contributed by atoms with Crippen LogP contribution in [0.5, 0.6) is 0 Å². The Bertz CT molecular complexity index is 785. The predicted molar refractivity (Wildman–Crippen MR) is 84.9 cm³/mol. The summed E-state index contributed by atoms with van der Waals surface area (Å²) in [5.74, 6) is 0. The second-order valence-corrected chi connectivity index (χ2v) is 5.87. The molecule has 1 aliphatic heterocycles. The lowest BCUT2D eigenvalue weighted by Gasteiger charge is -2.37. The van der Waals surface area contributed by atoms with Gasteiger partial charge < -0.3 is 14.0 Å². The zero-order valence-corrected chi connectivity index (χ0v) is 12.4. The van der Waals surface area contributed by atoms with E-state index in [-0.39, 0.29) is 12.2 Å². The zero-order valence-electron chi connectivity index (χ0n) is 12.4. The molecule has 2 unspecified atom stereocenters. The molecule has 0 spiro atoms. The number of fused-ring (bicyclic) bond motifs is 3. The van der Waals surface area contributed by atoms with Crippen LogP contribution in [0.1, 0.15) is 13.8 Å². The maximum absolute atomic E-state index is 5.84. The van der Waals surface area contributed by atoms with Gasteiger partial charge in [0.25, 0.3) is 0 Å². The Kier molecular flexibility index (Phi) is 2.86. The average molecular weight is 281 g/mol. The molecule has 0 aliphatic carbocycles. The predicted octanol–water partition coefficient (Wildman–Crippen LogP) is 3.10. The molecule has 2 aromatic heterocycles. The van der Waals surface area contributed by atoms with Crippen LogP contribution >= 0.6 is 0 Å². The fraction of sp³-hybridized carbons (Fsp3) is 0.353. The second kappa shape index (κ2) is 4.74. The first-order chi connectivity index (χ1) is 10.2. The third-order valence-electron chi connectivity index (χ3n) is 4.12. The molecule has 1 aliphatic rings. The molecule has 0 N–H and O–H groups in total. The summed E-state index contributed by atoms with van der Waals surface area (Å²) >= 11 is 0. The van der Waals surface area contributed by atoms with Crippen LogP contribution in [0.25, 0.3) is 16.6 Å². The number of hydrogen-bond donors (Lipinski definition) is 0. The third kappa shape index (κ3) is 2.07. The minimum Gasteiger partial charge on any atom is -0.372 e. The van der Waals surface area contributed by atoms with E-state index in [1.54, 1.807) is 0 Å². The van der Waals surface area contributed by atoms with Gasteiger partial charge in [0.15, 0.2) is 0 Å². The first-order valence-electron chi connectivity index (χ1n) is 7.47. The minimum absolute atomic E-state index is 0.249. The van der Waals surface area contributed by atoms with Gasteiger partial charge in [-0.05, 0) is 38.1 Å². The van der Waals surface area contributed by atoms with E-state index in [1.807, 2.05) is 6.20 Å². The molecule has 21 heavy (non-hydrogen) atoms. The van der Waals surface area contributed by atoms with Crippen molar-refractivity contribution in [3.05, 3.63) is 42.7 Å². The summed E-state index contributed by atoms with van der Waals surface area (Å²) in [7, 11) is 0. The highest BCUT2D eigenvalue weighted by Crippen LogP contribution is 2.28.